The minimum atomic E-state index is -0.882. The van der Waals surface area contributed by atoms with Crippen molar-refractivity contribution in [3.05, 3.63) is 68.4 Å². The Labute approximate surface area is 215 Å². The van der Waals surface area contributed by atoms with E-state index in [1.807, 2.05) is 13.8 Å². The molecule has 1 aliphatic rings. The number of hydrogen-bond donors (Lipinski definition) is 0. The van der Waals surface area contributed by atoms with Gasteiger partial charge in [0.15, 0.2) is 0 Å². The van der Waals surface area contributed by atoms with E-state index in [0.717, 1.165) is 4.57 Å². The van der Waals surface area contributed by atoms with Gasteiger partial charge in [0.05, 0.1) is 24.9 Å². The van der Waals surface area contributed by atoms with Gasteiger partial charge in [-0.2, -0.15) is 10.2 Å². The number of fused-ring (bicyclic) bond motifs is 1. The van der Waals surface area contributed by atoms with Crippen LogP contribution in [0.4, 0.5) is 4.39 Å². The Morgan fingerprint density at radius 2 is 1.92 bits per heavy atom. The van der Waals surface area contributed by atoms with Crippen molar-refractivity contribution in [1.82, 2.24) is 29.0 Å². The Kier molecular flexibility index (Phi) is 6.44. The van der Waals surface area contributed by atoms with Crippen LogP contribution in [0.3, 0.4) is 0 Å². The molecule has 0 saturated carbocycles. The van der Waals surface area contributed by atoms with E-state index >= 15 is 0 Å². The summed E-state index contributed by atoms with van der Waals surface area (Å²) >= 11 is 1.23. The van der Waals surface area contributed by atoms with Gasteiger partial charge in [-0.25, -0.2) is 13.8 Å². The van der Waals surface area contributed by atoms with Gasteiger partial charge in [0.1, 0.15) is 27.4 Å². The van der Waals surface area contributed by atoms with Crippen LogP contribution in [0.15, 0.2) is 40.2 Å². The number of aryl methyl sites for hydroxylation is 3. The summed E-state index contributed by atoms with van der Waals surface area (Å²) < 4.78 is 22.0. The van der Waals surface area contributed by atoms with Crippen molar-refractivity contribution in [2.45, 2.75) is 52.2 Å². The van der Waals surface area contributed by atoms with Gasteiger partial charge in [0.25, 0.3) is 5.56 Å². The number of carbonyl (C=O) groups excluding carboxylic acids is 1. The summed E-state index contributed by atoms with van der Waals surface area (Å²) in [6.07, 6.45) is 3.70. The van der Waals surface area contributed by atoms with Crippen LogP contribution < -0.4 is 16.0 Å². The first kappa shape index (κ1) is 24.9. The molecule has 0 aliphatic carbocycles. The molecule has 12 heteroatoms. The zero-order valence-electron chi connectivity index (χ0n) is 21.0. The van der Waals surface area contributed by atoms with Crippen molar-refractivity contribution in [3.8, 4) is 10.8 Å². The van der Waals surface area contributed by atoms with Gasteiger partial charge >= 0.3 is 5.69 Å². The molecule has 1 saturated heterocycles. The standard InChI is InChI=1S/C25H27FN6O4S/c1-14(2)29-12-8-18(21(29)33)31-22(34)20-15(3)23(32-27-9-10-28-32)37-24(20)30(25(31)35)11-7-16-13-17(26)5-6-19(16)36-4/h5-6,9-10,13-14,18H,7-8,11-12H2,1-4H3. The van der Waals surface area contributed by atoms with Gasteiger partial charge in [-0.1, -0.05) is 11.3 Å². The number of nitrogens with zero attached hydrogens (tertiary/aromatic N) is 6. The first-order valence-electron chi connectivity index (χ1n) is 12.0. The number of amides is 1. The van der Waals surface area contributed by atoms with E-state index in [1.165, 1.54) is 52.3 Å². The number of carbonyl (C=O) groups is 1. The van der Waals surface area contributed by atoms with Crippen molar-refractivity contribution in [3.63, 3.8) is 0 Å². The normalized spacial score (nSPS) is 15.9. The molecule has 37 heavy (non-hydrogen) atoms. The first-order chi connectivity index (χ1) is 17.7. The van der Waals surface area contributed by atoms with Crippen molar-refractivity contribution >= 4 is 27.5 Å². The number of rotatable bonds is 7. The largest absolute Gasteiger partial charge is 0.496 e. The van der Waals surface area contributed by atoms with Gasteiger partial charge in [0, 0.05) is 24.7 Å². The number of ether oxygens (including phenoxy) is 1. The molecule has 4 aromatic rings. The minimum Gasteiger partial charge on any atom is -0.496 e. The van der Waals surface area contributed by atoms with Crippen LogP contribution in [-0.2, 0) is 17.8 Å². The van der Waals surface area contributed by atoms with E-state index in [0.29, 0.717) is 45.1 Å². The summed E-state index contributed by atoms with van der Waals surface area (Å²) in [7, 11) is 1.50. The Hall–Kier alpha value is -3.80. The van der Waals surface area contributed by atoms with Crippen LogP contribution in [0, 0.1) is 12.7 Å². The predicted octanol–water partition coefficient (Wildman–Crippen LogP) is 2.69. The molecule has 10 nitrogen and oxygen atoms in total. The molecule has 1 amide bonds. The van der Waals surface area contributed by atoms with Gasteiger partial charge < -0.3 is 9.64 Å². The van der Waals surface area contributed by atoms with E-state index in [9.17, 15) is 18.8 Å². The fourth-order valence-corrected chi connectivity index (χ4v) is 6.19. The number of thiophene rings is 1. The second-order valence-electron chi connectivity index (χ2n) is 9.28. The summed E-state index contributed by atoms with van der Waals surface area (Å²) in [5.74, 6) is -0.155. The molecule has 5 rings (SSSR count). The third kappa shape index (κ3) is 4.14. The minimum absolute atomic E-state index is 0.0417. The Balaban J connectivity index is 1.70. The summed E-state index contributed by atoms with van der Waals surface area (Å²) in [5.41, 5.74) is 0.136. The molecule has 1 fully saturated rings. The van der Waals surface area contributed by atoms with Crippen LogP contribution in [-0.4, -0.2) is 54.6 Å². The van der Waals surface area contributed by atoms with E-state index in [1.54, 1.807) is 17.9 Å². The zero-order chi connectivity index (χ0) is 26.4. The monoisotopic (exact) mass is 526 g/mol. The maximum absolute atomic E-state index is 14.0. The molecular weight excluding hydrogens is 499 g/mol. The molecule has 1 aromatic carbocycles. The highest BCUT2D eigenvalue weighted by Crippen LogP contribution is 2.32. The Morgan fingerprint density at radius 1 is 1.19 bits per heavy atom. The molecule has 0 spiro atoms. The predicted molar refractivity (Wildman–Crippen MR) is 137 cm³/mol. The molecular formula is C25H27FN6O4S. The molecule has 1 unspecified atom stereocenters. The average molecular weight is 527 g/mol. The van der Waals surface area contributed by atoms with Crippen molar-refractivity contribution in [1.29, 1.82) is 0 Å². The van der Waals surface area contributed by atoms with Gasteiger partial charge in [0.2, 0.25) is 5.91 Å². The van der Waals surface area contributed by atoms with Gasteiger partial charge in [-0.3, -0.25) is 14.2 Å². The third-order valence-electron chi connectivity index (χ3n) is 6.81. The average Bonchev–Trinajstić information content (AvgIpc) is 3.59. The van der Waals surface area contributed by atoms with Crippen LogP contribution in [0.5, 0.6) is 5.75 Å². The molecule has 0 bridgehead atoms. The quantitative estimate of drug-likeness (QED) is 0.367. The second-order valence-corrected chi connectivity index (χ2v) is 10.3. The number of methoxy groups -OCH3 is 1. The first-order valence-corrected chi connectivity index (χ1v) is 12.8. The van der Waals surface area contributed by atoms with E-state index in [2.05, 4.69) is 10.2 Å². The number of aromatic nitrogens is 5. The maximum Gasteiger partial charge on any atom is 0.332 e. The SMILES string of the molecule is COc1ccc(F)cc1CCn1c(=O)n(C2CCN(C(C)C)C2=O)c(=O)c2c(C)c(-n3nccn3)sc21. The fraction of sp³-hybridized carbons (Fsp3) is 0.400. The highest BCUT2D eigenvalue weighted by atomic mass is 32.1. The molecule has 194 valence electrons. The molecule has 0 N–H and O–H groups in total. The number of hydrogen-bond acceptors (Lipinski definition) is 7. The summed E-state index contributed by atoms with van der Waals surface area (Å²) in [5, 5.41) is 9.34. The lowest BCUT2D eigenvalue weighted by Crippen LogP contribution is -2.45. The zero-order valence-corrected chi connectivity index (χ0v) is 21.8. The molecule has 4 heterocycles. The summed E-state index contributed by atoms with van der Waals surface area (Å²) in [4.78, 5) is 44.4. The van der Waals surface area contributed by atoms with Crippen LogP contribution >= 0.6 is 11.3 Å². The van der Waals surface area contributed by atoms with Gasteiger partial charge in [-0.05, 0) is 57.4 Å². The van der Waals surface area contributed by atoms with Crippen molar-refractivity contribution < 1.29 is 13.9 Å². The Morgan fingerprint density at radius 3 is 2.57 bits per heavy atom. The summed E-state index contributed by atoms with van der Waals surface area (Å²) in [6, 6.07) is 3.30. The van der Waals surface area contributed by atoms with Crippen LogP contribution in [0.1, 0.15) is 37.4 Å². The molecule has 1 atom stereocenters. The molecule has 0 radical (unpaired) electrons. The lowest BCUT2D eigenvalue weighted by molar-refractivity contribution is -0.131. The number of halogens is 1. The summed E-state index contributed by atoms with van der Waals surface area (Å²) in [6.45, 7) is 6.21. The van der Waals surface area contributed by atoms with E-state index in [4.69, 9.17) is 4.74 Å². The lowest BCUT2D eigenvalue weighted by atomic mass is 10.1. The van der Waals surface area contributed by atoms with E-state index < -0.39 is 23.1 Å². The maximum atomic E-state index is 14.0. The van der Waals surface area contributed by atoms with Crippen LogP contribution in [0.25, 0.3) is 15.2 Å². The lowest BCUT2D eigenvalue weighted by Gasteiger charge is -2.21. The van der Waals surface area contributed by atoms with E-state index in [-0.39, 0.29) is 24.9 Å². The van der Waals surface area contributed by atoms with Gasteiger partial charge in [-0.15, -0.1) is 4.80 Å². The highest BCUT2D eigenvalue weighted by Gasteiger charge is 2.37. The smallest absolute Gasteiger partial charge is 0.332 e. The van der Waals surface area contributed by atoms with Crippen LogP contribution in [0.2, 0.25) is 0 Å². The third-order valence-corrected chi connectivity index (χ3v) is 8.09. The fourth-order valence-electron chi connectivity index (χ4n) is 4.95. The molecule has 3 aromatic heterocycles. The Bertz CT molecular complexity index is 1600. The van der Waals surface area contributed by atoms with Crippen molar-refractivity contribution in [2.75, 3.05) is 13.7 Å². The number of likely N-dealkylation sites (tertiary alicyclic amines) is 1. The number of benzene rings is 1. The topological polar surface area (TPSA) is 104 Å². The molecule has 1 aliphatic heterocycles. The highest BCUT2D eigenvalue weighted by molar-refractivity contribution is 7.21. The van der Waals surface area contributed by atoms with Crippen molar-refractivity contribution in [2.24, 2.45) is 0 Å². The second kappa shape index (κ2) is 9.58.